The Morgan fingerprint density at radius 2 is 0.615 bits per heavy atom. The highest BCUT2D eigenvalue weighted by Crippen LogP contribution is 2.48. The van der Waals surface area contributed by atoms with Crippen LogP contribution in [-0.4, -0.2) is 0 Å². The van der Waals surface area contributed by atoms with Crippen LogP contribution in [-0.2, 0) is 0 Å². The monoisotopic (exact) mass is 368 g/mol. The standard InChI is InChI=1S/C24H16S2/c1-2-10-18-17(9-1)19-11-3-5-13-21(19)25-23-15-7-8-16-24(23)26-22-14-6-4-12-20(18)22/h1-16H. The summed E-state index contributed by atoms with van der Waals surface area (Å²) in [7, 11) is 0. The van der Waals surface area contributed by atoms with Crippen molar-refractivity contribution in [2.45, 2.75) is 19.6 Å². The van der Waals surface area contributed by atoms with Crippen molar-refractivity contribution in [2.75, 3.05) is 0 Å². The zero-order chi connectivity index (χ0) is 17.3. The third kappa shape index (κ3) is 2.76. The van der Waals surface area contributed by atoms with Crippen LogP contribution in [0.5, 0.6) is 0 Å². The van der Waals surface area contributed by atoms with Gasteiger partial charge in [-0.25, -0.2) is 0 Å². The first-order valence-electron chi connectivity index (χ1n) is 8.63. The zero-order valence-electron chi connectivity index (χ0n) is 14.1. The summed E-state index contributed by atoms with van der Waals surface area (Å²) >= 11 is 3.71. The molecule has 0 aliphatic carbocycles. The van der Waals surface area contributed by atoms with Gasteiger partial charge in [-0.15, -0.1) is 0 Å². The van der Waals surface area contributed by atoms with Crippen molar-refractivity contribution in [1.82, 2.24) is 0 Å². The number of rotatable bonds is 0. The maximum Gasteiger partial charge on any atom is 0.0262 e. The highest BCUT2D eigenvalue weighted by molar-refractivity contribution is 8.02. The Hall–Kier alpha value is -2.42. The smallest absolute Gasteiger partial charge is 0.0262 e. The molecule has 0 unspecified atom stereocenters. The van der Waals surface area contributed by atoms with Gasteiger partial charge in [0.25, 0.3) is 0 Å². The molecule has 1 aliphatic rings. The molecule has 1 heterocycles. The van der Waals surface area contributed by atoms with Crippen molar-refractivity contribution in [1.29, 1.82) is 0 Å². The van der Waals surface area contributed by atoms with Crippen LogP contribution in [0.1, 0.15) is 0 Å². The van der Waals surface area contributed by atoms with E-state index in [2.05, 4.69) is 97.1 Å². The molecule has 26 heavy (non-hydrogen) atoms. The average molecular weight is 369 g/mol. The van der Waals surface area contributed by atoms with Gasteiger partial charge >= 0.3 is 0 Å². The fraction of sp³-hybridized carbons (Fsp3) is 0. The largest absolute Gasteiger partial charge is 0.0883 e. The lowest BCUT2D eigenvalue weighted by Crippen LogP contribution is -1.92. The number of hydrogen-bond acceptors (Lipinski definition) is 2. The summed E-state index contributed by atoms with van der Waals surface area (Å²) in [5.74, 6) is 0. The van der Waals surface area contributed by atoms with Crippen LogP contribution in [0.3, 0.4) is 0 Å². The molecule has 5 rings (SSSR count). The van der Waals surface area contributed by atoms with E-state index in [9.17, 15) is 0 Å². The van der Waals surface area contributed by atoms with Crippen LogP contribution in [0.4, 0.5) is 0 Å². The summed E-state index contributed by atoms with van der Waals surface area (Å²) in [6, 6.07) is 34.9. The van der Waals surface area contributed by atoms with Gasteiger partial charge < -0.3 is 0 Å². The number of hydrogen-bond donors (Lipinski definition) is 0. The van der Waals surface area contributed by atoms with Gasteiger partial charge in [0.15, 0.2) is 0 Å². The number of fused-ring (bicyclic) bond motifs is 6. The van der Waals surface area contributed by atoms with Crippen LogP contribution in [0.25, 0.3) is 22.3 Å². The molecule has 2 heteroatoms. The summed E-state index contributed by atoms with van der Waals surface area (Å²) in [5.41, 5.74) is 5.18. The van der Waals surface area contributed by atoms with Crippen molar-refractivity contribution >= 4 is 23.5 Å². The van der Waals surface area contributed by atoms with Crippen molar-refractivity contribution in [2.24, 2.45) is 0 Å². The molecule has 0 radical (unpaired) electrons. The van der Waals surface area contributed by atoms with Crippen LogP contribution < -0.4 is 0 Å². The molecular weight excluding hydrogens is 352 g/mol. The van der Waals surface area contributed by atoms with Gasteiger partial charge in [-0.05, 0) is 46.5 Å². The Bertz CT molecular complexity index is 1010. The lowest BCUT2D eigenvalue weighted by Gasteiger charge is -2.19. The highest BCUT2D eigenvalue weighted by Gasteiger charge is 2.17. The van der Waals surface area contributed by atoms with Gasteiger partial charge in [0.05, 0.1) is 0 Å². The molecule has 0 saturated carbocycles. The first-order chi connectivity index (χ1) is 12.9. The quantitative estimate of drug-likeness (QED) is 0.275. The minimum atomic E-state index is 1.29. The third-order valence-corrected chi connectivity index (χ3v) is 7.00. The Labute approximate surface area is 162 Å². The van der Waals surface area contributed by atoms with E-state index in [1.807, 2.05) is 23.5 Å². The molecule has 0 aromatic heterocycles. The van der Waals surface area contributed by atoms with Gasteiger partial charge in [0, 0.05) is 19.6 Å². The average Bonchev–Trinajstić information content (AvgIpc) is 2.70. The molecule has 0 saturated heterocycles. The van der Waals surface area contributed by atoms with Gasteiger partial charge in [-0.2, -0.15) is 0 Å². The van der Waals surface area contributed by atoms with E-state index in [1.54, 1.807) is 0 Å². The fourth-order valence-electron chi connectivity index (χ4n) is 3.36. The van der Waals surface area contributed by atoms with E-state index in [0.29, 0.717) is 0 Å². The molecule has 124 valence electrons. The molecule has 4 aromatic carbocycles. The predicted octanol–water partition coefficient (Wildman–Crippen LogP) is 7.64. The molecule has 0 fully saturated rings. The number of benzene rings is 4. The zero-order valence-corrected chi connectivity index (χ0v) is 15.7. The second kappa shape index (κ2) is 6.71. The van der Waals surface area contributed by atoms with Gasteiger partial charge in [-0.1, -0.05) is 96.3 Å². The highest BCUT2D eigenvalue weighted by atomic mass is 32.2. The van der Waals surface area contributed by atoms with Gasteiger partial charge in [0.2, 0.25) is 0 Å². The van der Waals surface area contributed by atoms with E-state index in [1.165, 1.54) is 41.8 Å². The summed E-state index contributed by atoms with van der Waals surface area (Å²) in [6.45, 7) is 0. The van der Waals surface area contributed by atoms with E-state index in [4.69, 9.17) is 0 Å². The summed E-state index contributed by atoms with van der Waals surface area (Å²) < 4.78 is 0. The molecule has 0 N–H and O–H groups in total. The molecule has 0 nitrogen and oxygen atoms in total. The second-order valence-corrected chi connectivity index (χ2v) is 8.36. The maximum atomic E-state index is 2.24. The lowest BCUT2D eigenvalue weighted by molar-refractivity contribution is 1.23. The van der Waals surface area contributed by atoms with E-state index in [0.717, 1.165) is 0 Å². The van der Waals surface area contributed by atoms with Gasteiger partial charge in [-0.3, -0.25) is 0 Å². The fourth-order valence-corrected chi connectivity index (χ4v) is 5.59. The summed E-state index contributed by atoms with van der Waals surface area (Å²) in [4.78, 5) is 5.21. The molecule has 0 amide bonds. The van der Waals surface area contributed by atoms with Crippen LogP contribution in [0.2, 0.25) is 0 Å². The molecule has 0 spiro atoms. The lowest BCUT2D eigenvalue weighted by atomic mass is 9.94. The van der Waals surface area contributed by atoms with Crippen molar-refractivity contribution in [3.8, 4) is 22.3 Å². The third-order valence-electron chi connectivity index (χ3n) is 4.57. The van der Waals surface area contributed by atoms with Crippen molar-refractivity contribution in [3.63, 3.8) is 0 Å². The van der Waals surface area contributed by atoms with E-state index < -0.39 is 0 Å². The van der Waals surface area contributed by atoms with Crippen molar-refractivity contribution in [3.05, 3.63) is 97.1 Å². The Morgan fingerprint density at radius 3 is 1.04 bits per heavy atom. The topological polar surface area (TPSA) is 0 Å². The summed E-state index contributed by atoms with van der Waals surface area (Å²) in [6.07, 6.45) is 0. The second-order valence-electron chi connectivity index (χ2n) is 6.19. The van der Waals surface area contributed by atoms with Gasteiger partial charge in [0.1, 0.15) is 0 Å². The SMILES string of the molecule is c1ccc2c(c1)Sc1ccccc1-c1ccccc1-c1ccccc1S2. The molecule has 4 aromatic rings. The van der Waals surface area contributed by atoms with E-state index in [-0.39, 0.29) is 0 Å². The van der Waals surface area contributed by atoms with Crippen LogP contribution in [0, 0.1) is 0 Å². The Morgan fingerprint density at radius 1 is 0.308 bits per heavy atom. The molecule has 0 atom stereocenters. The molecule has 1 aliphatic heterocycles. The maximum absolute atomic E-state index is 2.24. The molecular formula is C24H16S2. The van der Waals surface area contributed by atoms with E-state index >= 15 is 0 Å². The normalized spacial score (nSPS) is 12.3. The minimum Gasteiger partial charge on any atom is -0.0883 e. The Kier molecular flexibility index (Phi) is 4.08. The first kappa shape index (κ1) is 15.8. The first-order valence-corrected chi connectivity index (χ1v) is 10.3. The van der Waals surface area contributed by atoms with Crippen molar-refractivity contribution < 1.29 is 0 Å². The summed E-state index contributed by atoms with van der Waals surface area (Å²) in [5, 5.41) is 0. The molecule has 0 bridgehead atoms. The van der Waals surface area contributed by atoms with Crippen LogP contribution >= 0.6 is 23.5 Å². The minimum absolute atomic E-state index is 1.29. The Balaban J connectivity index is 1.86. The van der Waals surface area contributed by atoms with Crippen LogP contribution in [0.15, 0.2) is 117 Å². The predicted molar refractivity (Wildman–Crippen MR) is 112 cm³/mol.